The second-order valence-corrected chi connectivity index (χ2v) is 19.0. The molecule has 0 bridgehead atoms. The van der Waals surface area contributed by atoms with Crippen LogP contribution in [0.5, 0.6) is 0 Å². The summed E-state index contributed by atoms with van der Waals surface area (Å²) < 4.78 is 59.1. The number of fused-ring (bicyclic) bond motifs is 3. The van der Waals surface area contributed by atoms with Gasteiger partial charge in [-0.15, -0.1) is 11.8 Å². The number of benzene rings is 5. The molecule has 0 saturated carbocycles. The highest BCUT2D eigenvalue weighted by molar-refractivity contribution is 7.99. The van der Waals surface area contributed by atoms with E-state index in [4.69, 9.17) is 11.6 Å². The maximum absolute atomic E-state index is 13.8. The van der Waals surface area contributed by atoms with Crippen LogP contribution in [0.25, 0.3) is 22.0 Å². The van der Waals surface area contributed by atoms with Crippen LogP contribution in [0.4, 0.5) is 20.2 Å². The summed E-state index contributed by atoms with van der Waals surface area (Å²) >= 11 is 7.69. The number of halogens is 3. The van der Waals surface area contributed by atoms with Crippen molar-refractivity contribution in [2.24, 2.45) is 0 Å². The Bertz CT molecular complexity index is 2690. The minimum atomic E-state index is -4.53. The van der Waals surface area contributed by atoms with Gasteiger partial charge >= 0.3 is 0 Å². The number of nitrogens with zero attached hydrogens (tertiary/aromatic N) is 4. The van der Waals surface area contributed by atoms with Gasteiger partial charge in [0.2, 0.25) is 0 Å². The molecule has 1 unspecified atom stereocenters. The summed E-state index contributed by atoms with van der Waals surface area (Å²) in [5.74, 6) is -3.03. The van der Waals surface area contributed by atoms with E-state index >= 15 is 0 Å². The number of piperidine rings is 1. The first-order valence-corrected chi connectivity index (χ1v) is 23.2. The Morgan fingerprint density at radius 1 is 0.871 bits per heavy atom. The lowest BCUT2D eigenvalue weighted by Crippen LogP contribution is -2.41. The Balaban J connectivity index is 0.945. The molecule has 322 valence electrons. The zero-order valence-electron chi connectivity index (χ0n) is 33.7. The molecule has 8 rings (SSSR count). The molecule has 2 N–H and O–H groups in total. The molecule has 1 aromatic heterocycles. The Morgan fingerprint density at radius 3 is 2.37 bits per heavy atom. The molecule has 5 aromatic carbocycles. The Labute approximate surface area is 368 Å². The number of carbonyl (C=O) groups excluding carboxylic acids is 1. The van der Waals surface area contributed by atoms with Gasteiger partial charge in [0.25, 0.3) is 27.5 Å². The maximum Gasteiger partial charge on any atom is 0.293 e. The lowest BCUT2D eigenvalue weighted by atomic mass is 9.99. The molecule has 2 aliphatic heterocycles. The summed E-state index contributed by atoms with van der Waals surface area (Å²) in [6.45, 7) is 3.97. The molecule has 11 nitrogen and oxygen atoms in total. The van der Waals surface area contributed by atoms with Crippen LogP contribution < -0.4 is 10.0 Å². The van der Waals surface area contributed by atoms with E-state index in [9.17, 15) is 32.1 Å². The van der Waals surface area contributed by atoms with Gasteiger partial charge in [-0.2, -0.15) is 0 Å². The van der Waals surface area contributed by atoms with Crippen LogP contribution in [-0.4, -0.2) is 77.5 Å². The highest BCUT2D eigenvalue weighted by atomic mass is 35.5. The van der Waals surface area contributed by atoms with Gasteiger partial charge < -0.3 is 14.8 Å². The molecule has 1 amide bonds. The van der Waals surface area contributed by atoms with E-state index < -0.39 is 37.4 Å². The van der Waals surface area contributed by atoms with Gasteiger partial charge in [-0.3, -0.25) is 19.8 Å². The van der Waals surface area contributed by atoms with Crippen molar-refractivity contribution in [2.75, 3.05) is 37.2 Å². The van der Waals surface area contributed by atoms with Crippen LogP contribution in [0.15, 0.2) is 131 Å². The second kappa shape index (κ2) is 18.6. The number of amides is 1. The molecule has 2 aliphatic rings. The number of aromatic nitrogens is 1. The van der Waals surface area contributed by atoms with E-state index in [1.165, 1.54) is 17.7 Å². The Hall–Kier alpha value is -5.32. The lowest BCUT2D eigenvalue weighted by Gasteiger charge is -2.32. The van der Waals surface area contributed by atoms with Crippen molar-refractivity contribution in [2.45, 2.75) is 60.7 Å². The minimum Gasteiger partial charge on any atom is -0.376 e. The zero-order valence-corrected chi connectivity index (χ0v) is 36.1. The number of nitro groups is 1. The van der Waals surface area contributed by atoms with Gasteiger partial charge in [-0.1, -0.05) is 66.2 Å². The van der Waals surface area contributed by atoms with Crippen molar-refractivity contribution in [1.82, 2.24) is 19.1 Å². The third-order valence-electron chi connectivity index (χ3n) is 11.5. The summed E-state index contributed by atoms with van der Waals surface area (Å²) in [6, 6.07) is 36.0. The molecule has 16 heteroatoms. The van der Waals surface area contributed by atoms with Crippen molar-refractivity contribution in [3.05, 3.63) is 153 Å². The molecular formula is C46H45ClF2N6O5S2. The maximum atomic E-state index is 13.8. The number of thioether (sulfide) groups is 1. The number of hydrogen-bond acceptors (Lipinski definition) is 9. The first-order chi connectivity index (χ1) is 29.8. The normalized spacial score (nSPS) is 16.1. The fourth-order valence-electron chi connectivity index (χ4n) is 8.12. The van der Waals surface area contributed by atoms with E-state index in [2.05, 4.69) is 31.6 Å². The zero-order chi connectivity index (χ0) is 43.4. The molecule has 0 spiro atoms. The summed E-state index contributed by atoms with van der Waals surface area (Å²) in [4.78, 5) is 30.1. The SMILES string of the molecule is O=C(NS(=O)(=O)c1ccc(NC(CCN2CCC(F)(F)CC2)CSc2ccccc2)c([N+](=O)[O-])c1)c1ccc2c(c1)cc1n2CCN(Cc2ccccc2-c2ccc(Cl)cc2)C1. The van der Waals surface area contributed by atoms with Crippen LogP contribution in [-0.2, 0) is 29.7 Å². The fraction of sp³-hybridized carbons (Fsp3) is 0.283. The molecule has 0 aliphatic carbocycles. The monoisotopic (exact) mass is 898 g/mol. The van der Waals surface area contributed by atoms with E-state index in [1.807, 2.05) is 83.8 Å². The number of alkyl halides is 2. The minimum absolute atomic E-state index is 0.108. The van der Waals surface area contributed by atoms with Crippen molar-refractivity contribution in [3.63, 3.8) is 0 Å². The molecule has 3 heterocycles. The number of likely N-dealkylation sites (tertiary alicyclic amines) is 1. The fourth-order valence-corrected chi connectivity index (χ4v) is 10.2. The standard InChI is InChI=1S/C46H45ClF2N6O5S2/c47-36-13-10-32(11-14-36)41-9-5-4-6-34(41)29-53-24-25-54-38(30-53)27-35-26-33(12-17-43(35)54)45(56)51-62(59,60)40-15-16-42(44(28-40)55(57)58)50-37(31-61-39-7-2-1-3-8-39)18-21-52-22-19-46(48,49)20-23-52/h1-17,26-28,37,50H,18-25,29-31H2,(H,51,56). The average Bonchev–Trinajstić information content (AvgIpc) is 3.63. The van der Waals surface area contributed by atoms with Crippen molar-refractivity contribution >= 4 is 61.6 Å². The van der Waals surface area contributed by atoms with E-state index in [-0.39, 0.29) is 43.2 Å². The summed E-state index contributed by atoms with van der Waals surface area (Å²) in [7, 11) is -4.53. The predicted molar refractivity (Wildman–Crippen MR) is 241 cm³/mol. The second-order valence-electron chi connectivity index (χ2n) is 15.8. The van der Waals surface area contributed by atoms with Gasteiger partial charge in [-0.25, -0.2) is 21.9 Å². The lowest BCUT2D eigenvalue weighted by molar-refractivity contribution is -0.384. The van der Waals surface area contributed by atoms with Gasteiger partial charge in [0.15, 0.2) is 0 Å². The third kappa shape index (κ3) is 10.3. The molecule has 1 atom stereocenters. The Morgan fingerprint density at radius 2 is 1.61 bits per heavy atom. The smallest absolute Gasteiger partial charge is 0.293 e. The van der Waals surface area contributed by atoms with Crippen LogP contribution in [0, 0.1) is 10.1 Å². The van der Waals surface area contributed by atoms with Crippen LogP contribution >= 0.6 is 23.4 Å². The molecule has 6 aromatic rings. The number of carbonyl (C=O) groups is 1. The highest BCUT2D eigenvalue weighted by Crippen LogP contribution is 2.33. The average molecular weight is 899 g/mol. The highest BCUT2D eigenvalue weighted by Gasteiger charge is 2.34. The molecule has 1 fully saturated rings. The van der Waals surface area contributed by atoms with E-state index in [0.717, 1.165) is 58.3 Å². The van der Waals surface area contributed by atoms with Crippen LogP contribution in [0.3, 0.4) is 0 Å². The van der Waals surface area contributed by atoms with Crippen LogP contribution in [0.1, 0.15) is 40.9 Å². The molecule has 62 heavy (non-hydrogen) atoms. The number of nitro benzene ring substituents is 1. The van der Waals surface area contributed by atoms with Gasteiger partial charge in [0.05, 0.1) is 9.82 Å². The first kappa shape index (κ1) is 43.3. The number of sulfonamides is 1. The quantitative estimate of drug-likeness (QED) is 0.0588. The van der Waals surface area contributed by atoms with Gasteiger partial charge in [0.1, 0.15) is 5.69 Å². The predicted octanol–water partition coefficient (Wildman–Crippen LogP) is 9.70. The summed E-state index contributed by atoms with van der Waals surface area (Å²) in [5.41, 5.74) is 5.18. The van der Waals surface area contributed by atoms with Crippen molar-refractivity contribution in [1.29, 1.82) is 0 Å². The van der Waals surface area contributed by atoms with Crippen molar-refractivity contribution < 1.29 is 26.9 Å². The number of anilines is 1. The topological polar surface area (TPSA) is 130 Å². The number of nitrogens with one attached hydrogen (secondary N) is 2. The Kier molecular flexibility index (Phi) is 13.0. The third-order valence-corrected chi connectivity index (χ3v) is 14.2. The number of rotatable bonds is 15. The van der Waals surface area contributed by atoms with Gasteiger partial charge in [0, 0.05) is 109 Å². The largest absolute Gasteiger partial charge is 0.376 e. The summed E-state index contributed by atoms with van der Waals surface area (Å²) in [5, 5.41) is 17.1. The molecular weight excluding hydrogens is 854 g/mol. The van der Waals surface area contributed by atoms with Gasteiger partial charge in [-0.05, 0) is 83.8 Å². The summed E-state index contributed by atoms with van der Waals surface area (Å²) in [6.07, 6.45) is 0.0760. The molecule has 0 radical (unpaired) electrons. The first-order valence-electron chi connectivity index (χ1n) is 20.4. The number of hydrogen-bond donors (Lipinski definition) is 2. The van der Waals surface area contributed by atoms with E-state index in [0.29, 0.717) is 30.3 Å². The molecule has 1 saturated heterocycles. The van der Waals surface area contributed by atoms with E-state index in [1.54, 1.807) is 23.9 Å². The van der Waals surface area contributed by atoms with Crippen molar-refractivity contribution in [3.8, 4) is 11.1 Å². The van der Waals surface area contributed by atoms with Crippen LogP contribution in [0.2, 0.25) is 5.02 Å².